The Morgan fingerprint density at radius 3 is 2.51 bits per heavy atom. The summed E-state index contributed by atoms with van der Waals surface area (Å²) in [4.78, 5) is 22.4. The number of guanidine groups is 2. The third-order valence-corrected chi connectivity index (χ3v) is 7.10. The lowest BCUT2D eigenvalue weighted by Crippen LogP contribution is -2.58. The molecule has 0 radical (unpaired) electrons. The highest BCUT2D eigenvalue weighted by atomic mass is 35.5. The summed E-state index contributed by atoms with van der Waals surface area (Å²) in [7, 11) is 0. The maximum absolute atomic E-state index is 11.4. The van der Waals surface area contributed by atoms with Gasteiger partial charge in [-0.25, -0.2) is 14.5 Å². The lowest BCUT2D eigenvalue weighted by Gasteiger charge is -2.45. The Kier molecular flexibility index (Phi) is 8.11. The molecule has 4 N–H and O–H groups in total. The highest BCUT2D eigenvalue weighted by Crippen LogP contribution is 2.39. The van der Waals surface area contributed by atoms with Crippen LogP contribution in [0.2, 0.25) is 0 Å². The third kappa shape index (κ3) is 6.12. The van der Waals surface area contributed by atoms with Crippen LogP contribution in [0.3, 0.4) is 0 Å². The van der Waals surface area contributed by atoms with Crippen LogP contribution in [-0.2, 0) is 13.2 Å². The van der Waals surface area contributed by atoms with Gasteiger partial charge in [0.15, 0.2) is 0 Å². The number of fused-ring (bicyclic) bond motifs is 1. The van der Waals surface area contributed by atoms with Crippen LogP contribution in [0.1, 0.15) is 37.8 Å². The van der Waals surface area contributed by atoms with E-state index in [0.29, 0.717) is 41.9 Å². The quantitative estimate of drug-likeness (QED) is 0.298. The van der Waals surface area contributed by atoms with Crippen molar-refractivity contribution in [2.75, 3.05) is 11.5 Å². The van der Waals surface area contributed by atoms with E-state index >= 15 is 0 Å². The average molecular weight is 579 g/mol. The van der Waals surface area contributed by atoms with Gasteiger partial charge in [-0.2, -0.15) is 4.99 Å². The molecule has 1 fully saturated rings. The van der Waals surface area contributed by atoms with Crippen LogP contribution in [0.15, 0.2) is 80.0 Å². The Hall–Kier alpha value is -4.58. The molecule has 1 aliphatic carbocycles. The molecule has 2 aromatic heterocycles. The Labute approximate surface area is 242 Å². The van der Waals surface area contributed by atoms with Gasteiger partial charge in [-0.15, -0.1) is 17.5 Å². The van der Waals surface area contributed by atoms with Crippen LogP contribution in [0, 0.1) is 0 Å². The molecule has 214 valence electrons. The smallest absolute Gasteiger partial charge is 0.336 e. The topological polar surface area (TPSA) is 159 Å². The summed E-state index contributed by atoms with van der Waals surface area (Å²) in [5, 5.41) is 9.17. The minimum atomic E-state index is -0.483. The summed E-state index contributed by atoms with van der Waals surface area (Å²) < 4.78 is 18.6. The largest absolute Gasteiger partial charge is 0.492 e. The standard InChI is InChI=1S/C28H30N8O4.ClH/c29-26-31-27(30)36(28(32-26)12-2-1-3-13-28)21-6-9-22(10-7-21)39-18-20-17-35(34-33-20)14-15-38-23-8-4-19-5-11-25(37)40-24(19)16-23;/h4-11,16-17H,1-3,12-15,18H2,(H4,29,30,31,32);1H. The maximum atomic E-state index is 11.4. The number of aliphatic imine (C=N–C) groups is 2. The van der Waals surface area contributed by atoms with E-state index in [1.807, 2.05) is 47.5 Å². The molecule has 41 heavy (non-hydrogen) atoms. The molecule has 0 bridgehead atoms. The van der Waals surface area contributed by atoms with Crippen molar-refractivity contribution in [2.45, 2.75) is 50.9 Å². The Morgan fingerprint density at radius 1 is 0.951 bits per heavy atom. The van der Waals surface area contributed by atoms with Crippen LogP contribution in [0.4, 0.5) is 5.69 Å². The molecule has 1 aliphatic heterocycles. The molecular formula is C28H31ClN8O4. The molecule has 2 aliphatic rings. The van der Waals surface area contributed by atoms with Crippen molar-refractivity contribution in [3.63, 3.8) is 0 Å². The number of benzene rings is 2. The molecule has 13 heteroatoms. The molecule has 3 heterocycles. The van der Waals surface area contributed by atoms with Crippen LogP contribution < -0.4 is 31.5 Å². The van der Waals surface area contributed by atoms with E-state index < -0.39 is 11.3 Å². The molecule has 6 rings (SSSR count). The van der Waals surface area contributed by atoms with Crippen molar-refractivity contribution >= 4 is 41.0 Å². The van der Waals surface area contributed by atoms with Gasteiger partial charge in [0.25, 0.3) is 0 Å². The predicted molar refractivity (Wildman–Crippen MR) is 158 cm³/mol. The molecular weight excluding hydrogens is 548 g/mol. The zero-order valence-corrected chi connectivity index (χ0v) is 23.1. The van der Waals surface area contributed by atoms with E-state index in [0.717, 1.165) is 36.8 Å². The lowest BCUT2D eigenvalue weighted by atomic mass is 9.87. The fourth-order valence-corrected chi connectivity index (χ4v) is 5.25. The van der Waals surface area contributed by atoms with Gasteiger partial charge in [0, 0.05) is 23.2 Å². The minimum Gasteiger partial charge on any atom is -0.492 e. The second-order valence-electron chi connectivity index (χ2n) is 9.88. The highest BCUT2D eigenvalue weighted by Gasteiger charge is 2.42. The number of ether oxygens (including phenoxy) is 2. The molecule has 2 aromatic carbocycles. The van der Waals surface area contributed by atoms with Crippen molar-refractivity contribution in [2.24, 2.45) is 21.5 Å². The average Bonchev–Trinajstić information content (AvgIpc) is 3.40. The van der Waals surface area contributed by atoms with E-state index in [2.05, 4.69) is 15.3 Å². The number of aromatic nitrogens is 3. The molecule has 0 amide bonds. The Bertz CT molecular complexity index is 1630. The summed E-state index contributed by atoms with van der Waals surface area (Å²) in [6, 6.07) is 16.2. The lowest BCUT2D eigenvalue weighted by molar-refractivity contribution is 0.289. The van der Waals surface area contributed by atoms with Crippen molar-refractivity contribution in [3.05, 3.63) is 76.9 Å². The van der Waals surface area contributed by atoms with Gasteiger partial charge < -0.3 is 25.4 Å². The molecule has 0 atom stereocenters. The third-order valence-electron chi connectivity index (χ3n) is 7.10. The Balaban J connectivity index is 0.00000337. The van der Waals surface area contributed by atoms with Crippen molar-refractivity contribution in [1.82, 2.24) is 15.0 Å². The maximum Gasteiger partial charge on any atom is 0.336 e. The molecule has 0 saturated heterocycles. The van der Waals surface area contributed by atoms with Crippen LogP contribution >= 0.6 is 12.4 Å². The van der Waals surface area contributed by atoms with Crippen molar-refractivity contribution in [3.8, 4) is 11.5 Å². The summed E-state index contributed by atoms with van der Waals surface area (Å²) in [6.45, 7) is 1.13. The van der Waals surface area contributed by atoms with Crippen molar-refractivity contribution in [1.29, 1.82) is 0 Å². The van der Waals surface area contributed by atoms with Gasteiger partial charge in [-0.3, -0.25) is 4.90 Å². The number of hydrogen-bond donors (Lipinski definition) is 2. The summed E-state index contributed by atoms with van der Waals surface area (Å²) >= 11 is 0. The van der Waals surface area contributed by atoms with Crippen LogP contribution in [0.25, 0.3) is 11.0 Å². The Morgan fingerprint density at radius 2 is 1.71 bits per heavy atom. The van der Waals surface area contributed by atoms with E-state index in [4.69, 9.17) is 30.4 Å². The summed E-state index contributed by atoms with van der Waals surface area (Å²) in [6.07, 6.45) is 6.89. The zero-order chi connectivity index (χ0) is 27.5. The molecule has 4 aromatic rings. The van der Waals surface area contributed by atoms with Crippen molar-refractivity contribution < 1.29 is 13.9 Å². The first-order chi connectivity index (χ1) is 19.5. The van der Waals surface area contributed by atoms with Gasteiger partial charge >= 0.3 is 5.63 Å². The first kappa shape index (κ1) is 28.0. The number of nitrogens with zero attached hydrogens (tertiary/aromatic N) is 6. The monoisotopic (exact) mass is 578 g/mol. The van der Waals surface area contributed by atoms with Crippen LogP contribution in [0.5, 0.6) is 11.5 Å². The number of rotatable bonds is 8. The molecule has 0 unspecified atom stereocenters. The fourth-order valence-electron chi connectivity index (χ4n) is 5.25. The van der Waals surface area contributed by atoms with E-state index in [1.165, 1.54) is 12.5 Å². The predicted octanol–water partition coefficient (Wildman–Crippen LogP) is 3.57. The van der Waals surface area contributed by atoms with E-state index in [1.54, 1.807) is 16.8 Å². The van der Waals surface area contributed by atoms with Gasteiger partial charge in [-0.05, 0) is 68.1 Å². The van der Waals surface area contributed by atoms with Gasteiger partial charge in [0.1, 0.15) is 41.7 Å². The second kappa shape index (κ2) is 11.9. The van der Waals surface area contributed by atoms with Crippen LogP contribution in [-0.4, -0.2) is 39.2 Å². The van der Waals surface area contributed by atoms with Gasteiger partial charge in [-0.1, -0.05) is 11.6 Å². The SMILES string of the molecule is Cl.NC1=NC2(CCCCC2)N(c2ccc(OCc3cn(CCOc4ccc5ccc(=O)oc5c4)nn3)cc2)C(N)=N1. The summed E-state index contributed by atoms with van der Waals surface area (Å²) in [5.74, 6) is 1.89. The van der Waals surface area contributed by atoms with E-state index in [-0.39, 0.29) is 25.0 Å². The first-order valence-corrected chi connectivity index (χ1v) is 13.3. The number of anilines is 1. The molecule has 12 nitrogen and oxygen atoms in total. The van der Waals surface area contributed by atoms with E-state index in [9.17, 15) is 4.79 Å². The van der Waals surface area contributed by atoms with Gasteiger partial charge in [0.05, 0.1) is 12.7 Å². The second-order valence-corrected chi connectivity index (χ2v) is 9.88. The minimum absolute atomic E-state index is 0. The summed E-state index contributed by atoms with van der Waals surface area (Å²) in [5.41, 5.74) is 13.5. The zero-order valence-electron chi connectivity index (χ0n) is 22.3. The van der Waals surface area contributed by atoms with Gasteiger partial charge in [0.2, 0.25) is 11.9 Å². The number of nitrogens with two attached hydrogens (primary N) is 2. The fraction of sp³-hybridized carbons (Fsp3) is 0.321. The highest BCUT2D eigenvalue weighted by molar-refractivity contribution is 6.05. The normalized spacial score (nSPS) is 16.1. The number of halogens is 1. The number of hydrogen-bond acceptors (Lipinski definition) is 11. The molecule has 1 saturated carbocycles. The first-order valence-electron chi connectivity index (χ1n) is 13.3. The molecule has 1 spiro atoms.